The van der Waals surface area contributed by atoms with Crippen LogP contribution in [-0.4, -0.2) is 63.3 Å². The molecule has 4 aromatic carbocycles. The lowest BCUT2D eigenvalue weighted by molar-refractivity contribution is -0.175. The number of ether oxygens (including phenoxy) is 1. The summed E-state index contributed by atoms with van der Waals surface area (Å²) in [5.74, 6) is -0.223. The van der Waals surface area contributed by atoms with Gasteiger partial charge in [-0.05, 0) is 59.7 Å². The molecule has 2 heterocycles. The van der Waals surface area contributed by atoms with E-state index in [0.717, 1.165) is 21.9 Å². The van der Waals surface area contributed by atoms with Gasteiger partial charge in [-0.3, -0.25) is 14.4 Å². The van der Waals surface area contributed by atoms with Crippen LogP contribution in [0.1, 0.15) is 50.7 Å². The number of para-hydroxylation sites is 1. The van der Waals surface area contributed by atoms with Gasteiger partial charge in [0.15, 0.2) is 0 Å². The van der Waals surface area contributed by atoms with Crippen molar-refractivity contribution < 1.29 is 23.9 Å². The van der Waals surface area contributed by atoms with Crippen LogP contribution in [0.25, 0.3) is 10.8 Å². The highest BCUT2D eigenvalue weighted by Crippen LogP contribution is 2.35. The standard InChI is InChI=1S/C39H42N4O5/c1-27(20-21-36(45)48-32-17-7-4-8-18-32)24-34-38(46)42(26-31-16-11-15-30-14-9-10-19-33(30)31)28(2)37-41(23-22-35(44)43(34)37)39(47)40-25-29-12-5-3-6-13-29/h3-19,27-28,34,37H,20-26H2,1-2H3,(H,40,47)/t27?,28-,34-,37?/m0/s1. The maximum absolute atomic E-state index is 14.5. The largest absolute Gasteiger partial charge is 0.427 e. The molecule has 4 atom stereocenters. The number of nitrogens with one attached hydrogen (secondary N) is 1. The van der Waals surface area contributed by atoms with E-state index in [-0.39, 0.29) is 49.1 Å². The van der Waals surface area contributed by atoms with Crippen molar-refractivity contribution in [1.29, 1.82) is 0 Å². The molecule has 6 rings (SSSR count). The second-order valence-electron chi connectivity index (χ2n) is 12.8. The third kappa shape index (κ3) is 7.20. The zero-order valence-corrected chi connectivity index (χ0v) is 27.5. The Morgan fingerprint density at radius 1 is 0.896 bits per heavy atom. The molecule has 0 spiro atoms. The third-order valence-corrected chi connectivity index (χ3v) is 9.50. The van der Waals surface area contributed by atoms with Gasteiger partial charge in [-0.1, -0.05) is 97.9 Å². The number of carbonyl (C=O) groups excluding carboxylic acids is 4. The Kier molecular flexibility index (Phi) is 10.0. The molecule has 2 fully saturated rings. The van der Waals surface area contributed by atoms with Gasteiger partial charge >= 0.3 is 12.0 Å². The second-order valence-corrected chi connectivity index (χ2v) is 12.8. The number of rotatable bonds is 10. The van der Waals surface area contributed by atoms with E-state index >= 15 is 0 Å². The van der Waals surface area contributed by atoms with Gasteiger partial charge < -0.3 is 24.8 Å². The normalized spacial score (nSPS) is 20.0. The Morgan fingerprint density at radius 2 is 1.58 bits per heavy atom. The van der Waals surface area contributed by atoms with Crippen LogP contribution in [0.5, 0.6) is 5.75 Å². The number of nitrogens with zero attached hydrogens (tertiary/aromatic N) is 3. The number of amides is 4. The van der Waals surface area contributed by atoms with Crippen LogP contribution >= 0.6 is 0 Å². The van der Waals surface area contributed by atoms with Gasteiger partial charge in [0.2, 0.25) is 11.8 Å². The highest BCUT2D eigenvalue weighted by Gasteiger charge is 2.52. The van der Waals surface area contributed by atoms with Crippen LogP contribution in [0.2, 0.25) is 0 Å². The number of hydrogen-bond acceptors (Lipinski definition) is 5. The zero-order chi connectivity index (χ0) is 33.6. The highest BCUT2D eigenvalue weighted by molar-refractivity contribution is 5.92. The predicted molar refractivity (Wildman–Crippen MR) is 183 cm³/mol. The minimum atomic E-state index is -0.779. The number of hydrogen-bond donors (Lipinski definition) is 1. The number of fused-ring (bicyclic) bond motifs is 2. The first-order valence-corrected chi connectivity index (χ1v) is 16.7. The maximum Gasteiger partial charge on any atom is 0.319 e. The molecule has 0 aromatic heterocycles. The van der Waals surface area contributed by atoms with Crippen molar-refractivity contribution in [1.82, 2.24) is 20.0 Å². The van der Waals surface area contributed by atoms with E-state index in [1.165, 1.54) is 0 Å². The molecular formula is C39H42N4O5. The molecule has 1 N–H and O–H groups in total. The van der Waals surface area contributed by atoms with Crippen molar-refractivity contribution in [2.45, 2.75) is 70.9 Å². The van der Waals surface area contributed by atoms with E-state index in [4.69, 9.17) is 4.74 Å². The molecule has 2 aliphatic heterocycles. The molecule has 4 aromatic rings. The van der Waals surface area contributed by atoms with Crippen LogP contribution in [0.4, 0.5) is 4.79 Å². The molecule has 0 saturated carbocycles. The lowest BCUT2D eigenvalue weighted by Crippen LogP contribution is -2.74. The summed E-state index contributed by atoms with van der Waals surface area (Å²) in [5.41, 5.74) is 1.97. The van der Waals surface area contributed by atoms with Crippen LogP contribution in [0.15, 0.2) is 103 Å². The summed E-state index contributed by atoms with van der Waals surface area (Å²) in [4.78, 5) is 59.8. The Hall–Kier alpha value is -5.18. The molecule has 2 saturated heterocycles. The summed E-state index contributed by atoms with van der Waals surface area (Å²) < 4.78 is 5.48. The van der Waals surface area contributed by atoms with Gasteiger partial charge in [0.05, 0.1) is 6.04 Å². The molecule has 2 unspecified atom stereocenters. The first kappa shape index (κ1) is 32.7. The Labute approximate surface area is 281 Å². The summed E-state index contributed by atoms with van der Waals surface area (Å²) in [5, 5.41) is 5.18. The number of piperazine rings is 1. The fourth-order valence-corrected chi connectivity index (χ4v) is 6.98. The van der Waals surface area contributed by atoms with Gasteiger partial charge in [0.25, 0.3) is 0 Å². The van der Waals surface area contributed by atoms with E-state index < -0.39 is 18.2 Å². The summed E-state index contributed by atoms with van der Waals surface area (Å²) in [6, 6.07) is 31.3. The van der Waals surface area contributed by atoms with Gasteiger partial charge in [0.1, 0.15) is 18.0 Å². The average molecular weight is 647 g/mol. The first-order chi connectivity index (χ1) is 23.3. The second kappa shape index (κ2) is 14.7. The van der Waals surface area contributed by atoms with Crippen LogP contribution < -0.4 is 10.1 Å². The fourth-order valence-electron chi connectivity index (χ4n) is 6.98. The monoisotopic (exact) mass is 646 g/mol. The predicted octanol–water partition coefficient (Wildman–Crippen LogP) is 6.12. The number of benzene rings is 4. The number of urea groups is 1. The van der Waals surface area contributed by atoms with Gasteiger partial charge in [-0.2, -0.15) is 0 Å². The minimum absolute atomic E-state index is 0.0779. The van der Waals surface area contributed by atoms with Crippen LogP contribution in [0, 0.1) is 5.92 Å². The molecular weight excluding hydrogens is 604 g/mol. The van der Waals surface area contributed by atoms with Crippen molar-refractivity contribution in [2.24, 2.45) is 5.92 Å². The summed E-state index contributed by atoms with van der Waals surface area (Å²) in [7, 11) is 0. The molecule has 4 amide bonds. The van der Waals surface area contributed by atoms with E-state index in [9.17, 15) is 19.2 Å². The van der Waals surface area contributed by atoms with Crippen molar-refractivity contribution in [3.8, 4) is 5.75 Å². The van der Waals surface area contributed by atoms with E-state index in [2.05, 4.69) is 11.4 Å². The Bertz CT molecular complexity index is 1760. The Balaban J connectivity index is 1.25. The third-order valence-electron chi connectivity index (χ3n) is 9.50. The number of carbonyl (C=O) groups is 4. The first-order valence-electron chi connectivity index (χ1n) is 16.7. The van der Waals surface area contributed by atoms with E-state index in [1.54, 1.807) is 21.9 Å². The van der Waals surface area contributed by atoms with Gasteiger partial charge in [-0.15, -0.1) is 0 Å². The Morgan fingerprint density at radius 3 is 2.35 bits per heavy atom. The zero-order valence-electron chi connectivity index (χ0n) is 27.5. The molecule has 2 aliphatic rings. The molecule has 248 valence electrons. The maximum atomic E-state index is 14.5. The fraction of sp³-hybridized carbons (Fsp3) is 0.333. The summed E-state index contributed by atoms with van der Waals surface area (Å²) >= 11 is 0. The quantitative estimate of drug-likeness (QED) is 0.165. The van der Waals surface area contributed by atoms with Crippen molar-refractivity contribution in [3.63, 3.8) is 0 Å². The number of esters is 1. The molecule has 0 bridgehead atoms. The smallest absolute Gasteiger partial charge is 0.319 e. The van der Waals surface area contributed by atoms with E-state index in [0.29, 0.717) is 31.7 Å². The molecule has 0 aliphatic carbocycles. The minimum Gasteiger partial charge on any atom is -0.427 e. The van der Waals surface area contributed by atoms with E-state index in [1.807, 2.05) is 104 Å². The lowest BCUT2D eigenvalue weighted by Gasteiger charge is -2.55. The SMILES string of the molecule is CC(CCC(=O)Oc1ccccc1)C[C@H]1C(=O)N(Cc2cccc3ccccc23)[C@@H](C)C2N(C(=O)NCc3ccccc3)CCC(=O)N21. The molecule has 0 radical (unpaired) electrons. The topological polar surface area (TPSA) is 99.3 Å². The van der Waals surface area contributed by atoms with Crippen LogP contribution in [-0.2, 0) is 27.5 Å². The van der Waals surface area contributed by atoms with Crippen molar-refractivity contribution in [2.75, 3.05) is 6.54 Å². The summed E-state index contributed by atoms with van der Waals surface area (Å²) in [6.07, 6.45) is 0.515. The average Bonchev–Trinajstić information content (AvgIpc) is 3.11. The van der Waals surface area contributed by atoms with Crippen LogP contribution in [0.3, 0.4) is 0 Å². The van der Waals surface area contributed by atoms with Gasteiger partial charge in [-0.25, -0.2) is 4.79 Å². The molecule has 48 heavy (non-hydrogen) atoms. The molecule has 9 nitrogen and oxygen atoms in total. The van der Waals surface area contributed by atoms with Crippen molar-refractivity contribution >= 4 is 34.6 Å². The highest BCUT2D eigenvalue weighted by atomic mass is 16.5. The lowest BCUT2D eigenvalue weighted by atomic mass is 9.89. The summed E-state index contributed by atoms with van der Waals surface area (Å²) in [6.45, 7) is 4.87. The van der Waals surface area contributed by atoms with Crippen molar-refractivity contribution in [3.05, 3.63) is 114 Å². The molecule has 9 heteroatoms. The van der Waals surface area contributed by atoms with Gasteiger partial charge in [0, 0.05) is 32.5 Å².